The van der Waals surface area contributed by atoms with Crippen molar-refractivity contribution in [3.8, 4) is 0 Å². The molecule has 2 nitrogen and oxygen atoms in total. The summed E-state index contributed by atoms with van der Waals surface area (Å²) in [7, 11) is 4.29. The van der Waals surface area contributed by atoms with Crippen LogP contribution in [0, 0.1) is 0 Å². The Bertz CT molecular complexity index is 690. The van der Waals surface area contributed by atoms with E-state index in [1.165, 1.54) is 148 Å². The Hall–Kier alpha value is -1.12. The van der Waals surface area contributed by atoms with E-state index in [1.54, 1.807) is 0 Å². The van der Waals surface area contributed by atoms with Crippen LogP contribution in [0.15, 0.2) is 48.6 Å². The van der Waals surface area contributed by atoms with Gasteiger partial charge in [0.1, 0.15) is 0 Å². The Morgan fingerprint density at radius 3 is 1.11 bits per heavy atom. The van der Waals surface area contributed by atoms with Gasteiger partial charge in [-0.3, -0.25) is 0 Å². The second-order valence-electron chi connectivity index (χ2n) is 14.2. The average molecular weight is 628 g/mol. The Kier molecular flexibility index (Phi) is 34.8. The van der Waals surface area contributed by atoms with Gasteiger partial charge in [-0.1, -0.05) is 159 Å². The van der Waals surface area contributed by atoms with Crippen molar-refractivity contribution in [2.75, 3.05) is 20.6 Å². The topological polar surface area (TPSA) is 23.5 Å². The van der Waals surface area contributed by atoms with Crippen LogP contribution < -0.4 is 0 Å². The van der Waals surface area contributed by atoms with Crippen LogP contribution in [0.5, 0.6) is 0 Å². The third kappa shape index (κ3) is 35.6. The lowest BCUT2D eigenvalue weighted by molar-refractivity contribution is 0.00629. The molecular weight excluding hydrogens is 546 g/mol. The monoisotopic (exact) mass is 628 g/mol. The number of aliphatic hydroxyl groups is 1. The minimum atomic E-state index is -0.444. The highest BCUT2D eigenvalue weighted by Crippen LogP contribution is 2.28. The first kappa shape index (κ1) is 43.9. The van der Waals surface area contributed by atoms with Gasteiger partial charge in [-0.25, -0.2) is 0 Å². The largest absolute Gasteiger partial charge is 0.390 e. The van der Waals surface area contributed by atoms with Gasteiger partial charge in [0.25, 0.3) is 0 Å². The van der Waals surface area contributed by atoms with Crippen molar-refractivity contribution in [1.82, 2.24) is 4.90 Å². The van der Waals surface area contributed by atoms with Gasteiger partial charge in [0.05, 0.1) is 5.60 Å². The highest BCUT2D eigenvalue weighted by atomic mass is 16.3. The maximum atomic E-state index is 11.5. The molecule has 1 N–H and O–H groups in total. The van der Waals surface area contributed by atoms with Crippen LogP contribution in [0.2, 0.25) is 0 Å². The van der Waals surface area contributed by atoms with Crippen molar-refractivity contribution in [2.45, 2.75) is 206 Å². The minimum Gasteiger partial charge on any atom is -0.390 e. The lowest BCUT2D eigenvalue weighted by atomic mass is 9.85. The maximum Gasteiger partial charge on any atom is 0.0648 e. The Morgan fingerprint density at radius 1 is 0.400 bits per heavy atom. The van der Waals surface area contributed by atoms with Crippen molar-refractivity contribution in [2.24, 2.45) is 0 Å². The Labute approximate surface area is 284 Å². The summed E-state index contributed by atoms with van der Waals surface area (Å²) in [6.45, 7) is 5.62. The summed E-state index contributed by atoms with van der Waals surface area (Å²) in [6, 6.07) is 0. The molecule has 0 saturated heterocycles. The van der Waals surface area contributed by atoms with Gasteiger partial charge in [-0.15, -0.1) is 0 Å². The number of rotatable bonds is 35. The van der Waals surface area contributed by atoms with Crippen LogP contribution in [0.25, 0.3) is 0 Å². The molecule has 0 radical (unpaired) electrons. The molecule has 0 amide bonds. The normalized spacial score (nSPS) is 13.9. The predicted octanol–water partition coefficient (Wildman–Crippen LogP) is 13.9. The van der Waals surface area contributed by atoms with E-state index in [0.717, 1.165) is 45.1 Å². The summed E-state index contributed by atoms with van der Waals surface area (Å²) in [5, 5.41) is 11.5. The number of hydrogen-bond donors (Lipinski definition) is 1. The number of hydrogen-bond acceptors (Lipinski definition) is 2. The summed E-state index contributed by atoms with van der Waals surface area (Å²) in [6.07, 6.45) is 55.0. The zero-order valence-electron chi connectivity index (χ0n) is 31.2. The van der Waals surface area contributed by atoms with E-state index in [2.05, 4.69) is 81.5 Å². The fourth-order valence-electron chi connectivity index (χ4n) is 6.16. The van der Waals surface area contributed by atoms with E-state index in [4.69, 9.17) is 0 Å². The van der Waals surface area contributed by atoms with Gasteiger partial charge >= 0.3 is 0 Å². The summed E-state index contributed by atoms with van der Waals surface area (Å²) >= 11 is 0. The average Bonchev–Trinajstić information content (AvgIpc) is 3.02. The van der Waals surface area contributed by atoms with Gasteiger partial charge in [0.15, 0.2) is 0 Å². The molecule has 0 fully saturated rings. The number of unbranched alkanes of at least 4 members (excludes halogenated alkanes) is 19. The molecule has 1 unspecified atom stereocenters. The lowest BCUT2D eigenvalue weighted by Crippen LogP contribution is -2.30. The number of allylic oxidation sites excluding steroid dienone is 8. The molecule has 1 atom stereocenters. The van der Waals surface area contributed by atoms with Gasteiger partial charge in [-0.05, 0) is 111 Å². The van der Waals surface area contributed by atoms with Gasteiger partial charge in [-0.2, -0.15) is 0 Å². The molecule has 0 aromatic heterocycles. The smallest absolute Gasteiger partial charge is 0.0648 e. The van der Waals surface area contributed by atoms with E-state index >= 15 is 0 Å². The van der Waals surface area contributed by atoms with Crippen LogP contribution in [0.4, 0.5) is 0 Å². The van der Waals surface area contributed by atoms with Crippen molar-refractivity contribution in [1.29, 1.82) is 0 Å². The Balaban J connectivity index is 3.91. The number of nitrogens with zero attached hydrogens (tertiary/aromatic N) is 1. The van der Waals surface area contributed by atoms with Crippen molar-refractivity contribution < 1.29 is 5.11 Å². The third-order valence-electron chi connectivity index (χ3n) is 9.18. The lowest BCUT2D eigenvalue weighted by Gasteiger charge is -2.29. The van der Waals surface area contributed by atoms with E-state index < -0.39 is 5.60 Å². The second kappa shape index (κ2) is 35.7. The van der Waals surface area contributed by atoms with Crippen LogP contribution in [0.3, 0.4) is 0 Å². The van der Waals surface area contributed by atoms with E-state index in [0.29, 0.717) is 0 Å². The summed E-state index contributed by atoms with van der Waals surface area (Å²) in [5.41, 5.74) is -0.444. The minimum absolute atomic E-state index is 0.444. The summed E-state index contributed by atoms with van der Waals surface area (Å²) in [5.74, 6) is 0. The van der Waals surface area contributed by atoms with Crippen molar-refractivity contribution >= 4 is 0 Å². The predicted molar refractivity (Wildman–Crippen MR) is 205 cm³/mol. The fraction of sp³-hybridized carbons (Fsp3) is 0.814. The molecule has 0 aliphatic carbocycles. The fourth-order valence-corrected chi connectivity index (χ4v) is 6.16. The zero-order chi connectivity index (χ0) is 32.9. The molecule has 0 spiro atoms. The summed E-state index contributed by atoms with van der Waals surface area (Å²) < 4.78 is 0. The molecule has 0 heterocycles. The molecule has 0 aliphatic heterocycles. The van der Waals surface area contributed by atoms with Gasteiger partial charge < -0.3 is 10.0 Å². The SMILES string of the molecule is CCCCC/C=C\C/C=C\CCCCCCCCC(O)(CCCCCCCC/C=C\C/C=C\CCCCCC)CCCN(C)C. The summed E-state index contributed by atoms with van der Waals surface area (Å²) in [4.78, 5) is 2.25. The first-order valence-corrected chi connectivity index (χ1v) is 20.0. The first-order valence-electron chi connectivity index (χ1n) is 20.0. The van der Waals surface area contributed by atoms with Crippen LogP contribution >= 0.6 is 0 Å². The quantitative estimate of drug-likeness (QED) is 0.0558. The standard InChI is InChI=1S/C43H81NO/c1-5-7-9-11-13-15-17-19-21-23-25-27-29-31-33-35-37-40-43(45,41-38-42-44(3)4)39-36-34-32-30-28-26-24-22-20-18-16-14-12-10-8-6-2/h14-17,20-23,45H,5-13,18-19,24-42H2,1-4H3/b16-14-,17-15-,22-20-,23-21-. The van der Waals surface area contributed by atoms with Crippen LogP contribution in [0.1, 0.15) is 200 Å². The van der Waals surface area contributed by atoms with E-state index in [1.807, 2.05) is 0 Å². The molecule has 0 saturated carbocycles. The Morgan fingerprint density at radius 2 is 0.711 bits per heavy atom. The van der Waals surface area contributed by atoms with E-state index in [-0.39, 0.29) is 0 Å². The van der Waals surface area contributed by atoms with Crippen LogP contribution in [-0.4, -0.2) is 36.2 Å². The third-order valence-corrected chi connectivity index (χ3v) is 9.18. The molecule has 0 rings (SSSR count). The molecule has 0 aromatic carbocycles. The molecule has 0 aromatic rings. The van der Waals surface area contributed by atoms with E-state index in [9.17, 15) is 5.11 Å². The highest BCUT2D eigenvalue weighted by molar-refractivity contribution is 4.93. The maximum absolute atomic E-state index is 11.5. The van der Waals surface area contributed by atoms with Crippen molar-refractivity contribution in [3.63, 3.8) is 0 Å². The van der Waals surface area contributed by atoms with Crippen LogP contribution in [-0.2, 0) is 0 Å². The second-order valence-corrected chi connectivity index (χ2v) is 14.2. The first-order chi connectivity index (χ1) is 22.0. The molecular formula is C43H81NO. The van der Waals surface area contributed by atoms with Gasteiger partial charge in [0, 0.05) is 0 Å². The van der Waals surface area contributed by atoms with Gasteiger partial charge in [0.2, 0.25) is 0 Å². The molecule has 2 heteroatoms. The zero-order valence-corrected chi connectivity index (χ0v) is 31.2. The molecule has 0 aliphatic rings. The molecule has 0 bridgehead atoms. The van der Waals surface area contributed by atoms with Crippen molar-refractivity contribution in [3.05, 3.63) is 48.6 Å². The molecule has 264 valence electrons. The highest BCUT2D eigenvalue weighted by Gasteiger charge is 2.25. The molecule has 45 heavy (non-hydrogen) atoms.